The van der Waals surface area contributed by atoms with E-state index in [9.17, 15) is 9.59 Å². The van der Waals surface area contributed by atoms with Crippen LogP contribution in [0.2, 0.25) is 0 Å². The number of carbonyl (C=O) groups excluding carboxylic acids is 2. The molecule has 160 valence electrons. The van der Waals surface area contributed by atoms with Gasteiger partial charge in [0.1, 0.15) is 5.82 Å². The first-order chi connectivity index (χ1) is 14.5. The van der Waals surface area contributed by atoms with Gasteiger partial charge in [-0.05, 0) is 18.9 Å². The predicted octanol–water partition coefficient (Wildman–Crippen LogP) is 1.20. The van der Waals surface area contributed by atoms with Gasteiger partial charge < -0.3 is 24.0 Å². The van der Waals surface area contributed by atoms with E-state index in [1.54, 1.807) is 43.1 Å². The van der Waals surface area contributed by atoms with Crippen molar-refractivity contribution in [2.45, 2.75) is 31.8 Å². The van der Waals surface area contributed by atoms with Gasteiger partial charge in [-0.25, -0.2) is 9.78 Å². The summed E-state index contributed by atoms with van der Waals surface area (Å²) in [6, 6.07) is 3.46. The Balaban J connectivity index is 1.41. The second-order valence-corrected chi connectivity index (χ2v) is 7.88. The van der Waals surface area contributed by atoms with Gasteiger partial charge in [0.05, 0.1) is 19.2 Å². The third kappa shape index (κ3) is 3.81. The predicted molar refractivity (Wildman–Crippen MR) is 108 cm³/mol. The Morgan fingerprint density at radius 1 is 1.07 bits per heavy atom. The molecule has 0 atom stereocenters. The van der Waals surface area contributed by atoms with Gasteiger partial charge in [-0.2, -0.15) is 0 Å². The highest BCUT2D eigenvalue weighted by molar-refractivity contribution is 5.94. The molecule has 0 radical (unpaired) electrons. The van der Waals surface area contributed by atoms with Crippen molar-refractivity contribution in [3.8, 4) is 5.88 Å². The molecule has 2 aliphatic heterocycles. The fraction of sp³-hybridized carbons (Fsp3) is 0.550. The molecular weight excluding hydrogens is 386 g/mol. The van der Waals surface area contributed by atoms with Crippen molar-refractivity contribution in [3.05, 3.63) is 35.5 Å². The molecule has 1 fully saturated rings. The van der Waals surface area contributed by atoms with Crippen LogP contribution in [-0.2, 0) is 13.1 Å². The highest BCUT2D eigenvalue weighted by atomic mass is 16.5. The van der Waals surface area contributed by atoms with Gasteiger partial charge in [-0.1, -0.05) is 0 Å². The van der Waals surface area contributed by atoms with Crippen molar-refractivity contribution >= 4 is 11.9 Å². The van der Waals surface area contributed by atoms with E-state index in [2.05, 4.69) is 19.7 Å². The van der Waals surface area contributed by atoms with Crippen LogP contribution in [0, 0.1) is 0 Å². The molecule has 10 heteroatoms. The Labute approximate surface area is 175 Å². The molecule has 0 unspecified atom stereocenters. The first-order valence-corrected chi connectivity index (χ1v) is 10.2. The quantitative estimate of drug-likeness (QED) is 0.750. The van der Waals surface area contributed by atoms with E-state index in [1.165, 1.54) is 6.20 Å². The van der Waals surface area contributed by atoms with Crippen molar-refractivity contribution in [2.24, 2.45) is 0 Å². The van der Waals surface area contributed by atoms with Gasteiger partial charge in [-0.15, -0.1) is 10.2 Å². The average Bonchev–Trinajstić information content (AvgIpc) is 3.21. The normalized spacial score (nSPS) is 16.9. The van der Waals surface area contributed by atoms with Crippen molar-refractivity contribution in [1.29, 1.82) is 0 Å². The molecule has 0 aliphatic carbocycles. The Morgan fingerprint density at radius 3 is 2.47 bits per heavy atom. The summed E-state index contributed by atoms with van der Waals surface area (Å²) in [5.74, 6) is 2.47. The summed E-state index contributed by atoms with van der Waals surface area (Å²) in [5.41, 5.74) is 0.530. The van der Waals surface area contributed by atoms with Crippen LogP contribution in [0.3, 0.4) is 0 Å². The lowest BCUT2D eigenvalue weighted by Crippen LogP contribution is -2.44. The van der Waals surface area contributed by atoms with Crippen LogP contribution in [-0.4, -0.2) is 87.2 Å². The summed E-state index contributed by atoms with van der Waals surface area (Å²) in [6.07, 6.45) is 3.28. The Kier molecular flexibility index (Phi) is 5.56. The molecule has 4 rings (SSSR count). The van der Waals surface area contributed by atoms with Crippen LogP contribution in [0.4, 0.5) is 4.79 Å². The molecule has 30 heavy (non-hydrogen) atoms. The minimum absolute atomic E-state index is 0.0545. The second-order valence-electron chi connectivity index (χ2n) is 7.88. The lowest BCUT2D eigenvalue weighted by Gasteiger charge is -2.34. The molecular formula is C20H27N7O3. The Bertz CT molecular complexity index is 917. The molecule has 3 amide bonds. The molecule has 0 saturated carbocycles. The van der Waals surface area contributed by atoms with Crippen molar-refractivity contribution in [3.63, 3.8) is 0 Å². The number of likely N-dealkylation sites (tertiary alicyclic amines) is 1. The zero-order valence-electron chi connectivity index (χ0n) is 17.6. The van der Waals surface area contributed by atoms with Gasteiger partial charge in [0.2, 0.25) is 5.88 Å². The van der Waals surface area contributed by atoms with Gasteiger partial charge in [0.15, 0.2) is 5.82 Å². The van der Waals surface area contributed by atoms with Gasteiger partial charge >= 0.3 is 6.03 Å². The third-order valence-electron chi connectivity index (χ3n) is 5.77. The van der Waals surface area contributed by atoms with E-state index in [-0.39, 0.29) is 17.9 Å². The SMILES string of the molecule is COc1ccc(C(=O)N2CCn3c(nnc3C3CCN(C(=O)N(C)C)CC3)C2)cn1. The molecule has 2 aromatic rings. The number of methoxy groups -OCH3 is 1. The third-order valence-corrected chi connectivity index (χ3v) is 5.77. The number of ether oxygens (including phenoxy) is 1. The minimum Gasteiger partial charge on any atom is -0.481 e. The largest absolute Gasteiger partial charge is 0.481 e. The van der Waals surface area contributed by atoms with Gasteiger partial charge in [-0.3, -0.25) is 4.79 Å². The van der Waals surface area contributed by atoms with Crippen LogP contribution in [0.15, 0.2) is 18.3 Å². The standard InChI is InChI=1S/C20H27N7O3/c1-24(2)20(29)25-8-6-14(7-9-25)18-23-22-16-13-26(10-11-27(16)18)19(28)15-4-5-17(30-3)21-12-15/h4-5,12,14H,6-11,13H2,1-3H3. The van der Waals surface area contributed by atoms with Crippen molar-refractivity contribution in [2.75, 3.05) is 40.8 Å². The average molecular weight is 413 g/mol. The molecule has 4 heterocycles. The highest BCUT2D eigenvalue weighted by Gasteiger charge is 2.31. The molecule has 2 aliphatic rings. The fourth-order valence-electron chi connectivity index (χ4n) is 4.08. The van der Waals surface area contributed by atoms with Crippen molar-refractivity contribution in [1.82, 2.24) is 34.4 Å². The van der Waals surface area contributed by atoms with E-state index in [4.69, 9.17) is 4.74 Å². The first-order valence-electron chi connectivity index (χ1n) is 10.2. The van der Waals surface area contributed by atoms with Crippen LogP contribution >= 0.6 is 0 Å². The molecule has 2 aromatic heterocycles. The van der Waals surface area contributed by atoms with Gasteiger partial charge in [0.25, 0.3) is 5.91 Å². The maximum absolute atomic E-state index is 12.8. The highest BCUT2D eigenvalue weighted by Crippen LogP contribution is 2.29. The number of aromatic nitrogens is 4. The molecule has 0 spiro atoms. The number of carbonyl (C=O) groups is 2. The zero-order valence-corrected chi connectivity index (χ0v) is 17.6. The summed E-state index contributed by atoms with van der Waals surface area (Å²) in [4.78, 5) is 34.4. The maximum atomic E-state index is 12.8. The summed E-state index contributed by atoms with van der Waals surface area (Å²) in [7, 11) is 5.10. The Hall–Kier alpha value is -3.17. The first kappa shape index (κ1) is 20.1. The molecule has 0 aromatic carbocycles. The number of piperidine rings is 1. The summed E-state index contributed by atoms with van der Waals surface area (Å²) >= 11 is 0. The Morgan fingerprint density at radius 2 is 1.83 bits per heavy atom. The maximum Gasteiger partial charge on any atom is 0.319 e. The van der Waals surface area contributed by atoms with Crippen LogP contribution < -0.4 is 4.74 Å². The number of rotatable bonds is 3. The zero-order chi connectivity index (χ0) is 21.3. The molecule has 0 bridgehead atoms. The monoisotopic (exact) mass is 413 g/mol. The minimum atomic E-state index is -0.0727. The van der Waals surface area contributed by atoms with E-state index in [0.717, 1.165) is 37.6 Å². The molecule has 10 nitrogen and oxygen atoms in total. The topological polar surface area (TPSA) is 96.7 Å². The van der Waals surface area contributed by atoms with Crippen molar-refractivity contribution < 1.29 is 14.3 Å². The number of nitrogens with zero attached hydrogens (tertiary/aromatic N) is 7. The summed E-state index contributed by atoms with van der Waals surface area (Å²) in [6.45, 7) is 3.14. The van der Waals surface area contributed by atoms with E-state index in [1.807, 2.05) is 4.90 Å². The van der Waals surface area contributed by atoms with E-state index < -0.39 is 0 Å². The molecule has 0 N–H and O–H groups in total. The number of amides is 3. The fourth-order valence-corrected chi connectivity index (χ4v) is 4.08. The van der Waals surface area contributed by atoms with E-state index >= 15 is 0 Å². The number of hydrogen-bond acceptors (Lipinski definition) is 6. The number of pyridine rings is 1. The summed E-state index contributed by atoms with van der Waals surface area (Å²) in [5, 5.41) is 8.81. The lowest BCUT2D eigenvalue weighted by atomic mass is 9.96. The van der Waals surface area contributed by atoms with Crippen LogP contribution in [0.5, 0.6) is 5.88 Å². The van der Waals surface area contributed by atoms with Gasteiger partial charge in [0, 0.05) is 58.5 Å². The number of fused-ring (bicyclic) bond motifs is 1. The van der Waals surface area contributed by atoms with Crippen LogP contribution in [0.1, 0.15) is 40.8 Å². The smallest absolute Gasteiger partial charge is 0.319 e. The second kappa shape index (κ2) is 8.29. The van der Waals surface area contributed by atoms with Crippen LogP contribution in [0.25, 0.3) is 0 Å². The number of hydrogen-bond donors (Lipinski definition) is 0. The molecule has 1 saturated heterocycles. The summed E-state index contributed by atoms with van der Waals surface area (Å²) < 4.78 is 7.19. The lowest BCUT2D eigenvalue weighted by molar-refractivity contribution is 0.0705. The number of urea groups is 1. The van der Waals surface area contributed by atoms with E-state index in [0.29, 0.717) is 31.1 Å².